The van der Waals surface area contributed by atoms with Crippen LogP contribution in [0.1, 0.15) is 56.3 Å². The lowest BCUT2D eigenvalue weighted by Crippen LogP contribution is -2.47. The topological polar surface area (TPSA) is 107 Å². The summed E-state index contributed by atoms with van der Waals surface area (Å²) >= 11 is 0. The first-order valence-electron chi connectivity index (χ1n) is 10.9. The Kier molecular flexibility index (Phi) is 7.59. The van der Waals surface area contributed by atoms with Gasteiger partial charge in [-0.15, -0.1) is 0 Å². The van der Waals surface area contributed by atoms with Crippen molar-refractivity contribution in [3.8, 4) is 5.75 Å². The third-order valence-corrected chi connectivity index (χ3v) is 6.12. The number of hydrogen-bond donors (Lipinski definition) is 2. The third-order valence-electron chi connectivity index (χ3n) is 6.12. The van der Waals surface area contributed by atoms with Crippen LogP contribution < -0.4 is 16.3 Å². The van der Waals surface area contributed by atoms with Crippen molar-refractivity contribution in [3.63, 3.8) is 0 Å². The molecule has 4 N–H and O–H groups in total. The average molecular weight is 436 g/mol. The Bertz CT molecular complexity index is 804. The van der Waals surface area contributed by atoms with Gasteiger partial charge in [-0.3, -0.25) is 0 Å². The van der Waals surface area contributed by atoms with Gasteiger partial charge in [0, 0.05) is 20.1 Å². The number of aryl methyl sites for hydroxylation is 1. The number of amides is 1. The second-order valence-electron chi connectivity index (χ2n) is 8.52. The first kappa shape index (κ1) is 23.1. The van der Waals surface area contributed by atoms with Crippen molar-refractivity contribution in [1.29, 1.82) is 0 Å². The number of alkyl halides is 1. The smallest absolute Gasteiger partial charge is 0.410 e. The fourth-order valence-corrected chi connectivity index (χ4v) is 3.92. The molecule has 0 aromatic carbocycles. The van der Waals surface area contributed by atoms with Crippen LogP contribution in [-0.4, -0.2) is 60.0 Å². The van der Waals surface area contributed by atoms with Crippen molar-refractivity contribution in [1.82, 2.24) is 14.9 Å². The summed E-state index contributed by atoms with van der Waals surface area (Å²) in [7, 11) is 3.22. The average Bonchev–Trinajstić information content (AvgIpc) is 2.72. The maximum Gasteiger partial charge on any atom is 0.410 e. The number of hydrazine groups is 1. The third kappa shape index (κ3) is 5.78. The minimum absolute atomic E-state index is 0.116. The molecule has 1 amide bonds. The lowest BCUT2D eigenvalue weighted by molar-refractivity contribution is 0.0499. The molecule has 0 unspecified atom stereocenters. The number of carbonyl (C=O) groups is 1. The lowest BCUT2D eigenvalue weighted by atomic mass is 9.90. The Morgan fingerprint density at radius 1 is 1.23 bits per heavy atom. The van der Waals surface area contributed by atoms with Crippen LogP contribution in [0.4, 0.5) is 9.18 Å². The number of aromatic nitrogens is 1. The van der Waals surface area contributed by atoms with E-state index in [1.165, 1.54) is 29.2 Å². The standard InChI is InChI=1S/C22H34FN5O3/c1-14-20(31-17-7-5-4-6-8-17)10-9-18(26-14)21(24)19(28(3)25)13-30-22(29)27(2)16-11-15(23)12-16/h9-10,15-17H,4-8,11-13,24-25H2,1-3H3/b21-19-. The summed E-state index contributed by atoms with van der Waals surface area (Å²) in [4.78, 5) is 18.3. The molecule has 0 spiro atoms. The van der Waals surface area contributed by atoms with Crippen molar-refractivity contribution in [2.45, 2.75) is 70.2 Å². The van der Waals surface area contributed by atoms with Gasteiger partial charge in [0.15, 0.2) is 0 Å². The van der Waals surface area contributed by atoms with Gasteiger partial charge in [-0.05, 0) is 57.6 Å². The van der Waals surface area contributed by atoms with E-state index < -0.39 is 12.3 Å². The first-order chi connectivity index (χ1) is 14.8. The Hall–Kier alpha value is -2.55. The predicted molar refractivity (Wildman–Crippen MR) is 117 cm³/mol. The molecule has 0 aliphatic heterocycles. The maximum absolute atomic E-state index is 13.1. The normalized spacial score (nSPS) is 22.2. The molecule has 2 fully saturated rings. The molecule has 1 aromatic rings. The highest BCUT2D eigenvalue weighted by atomic mass is 19.1. The van der Waals surface area contributed by atoms with Crippen LogP contribution in [0.5, 0.6) is 5.75 Å². The molecule has 9 heteroatoms. The molecule has 8 nitrogen and oxygen atoms in total. The molecule has 0 saturated heterocycles. The Labute approximate surface area is 183 Å². The fraction of sp³-hybridized carbons (Fsp3) is 0.636. The summed E-state index contributed by atoms with van der Waals surface area (Å²) in [5, 5.41) is 1.31. The summed E-state index contributed by atoms with van der Waals surface area (Å²) < 4.78 is 24.5. The summed E-state index contributed by atoms with van der Waals surface area (Å²) in [6, 6.07) is 3.52. The molecule has 172 valence electrons. The van der Waals surface area contributed by atoms with Gasteiger partial charge in [0.25, 0.3) is 0 Å². The first-order valence-corrected chi connectivity index (χ1v) is 10.9. The minimum Gasteiger partial charge on any atom is -0.489 e. The van der Waals surface area contributed by atoms with Gasteiger partial charge in [0.05, 0.1) is 28.9 Å². The maximum atomic E-state index is 13.1. The number of nitrogens with two attached hydrogens (primary N) is 2. The van der Waals surface area contributed by atoms with E-state index in [9.17, 15) is 9.18 Å². The monoisotopic (exact) mass is 435 g/mol. The number of halogens is 1. The van der Waals surface area contributed by atoms with Gasteiger partial charge in [-0.1, -0.05) is 6.42 Å². The molecule has 0 bridgehead atoms. The largest absolute Gasteiger partial charge is 0.489 e. The highest BCUT2D eigenvalue weighted by Gasteiger charge is 2.35. The second-order valence-corrected chi connectivity index (χ2v) is 8.52. The van der Waals surface area contributed by atoms with Crippen LogP contribution in [0.25, 0.3) is 5.70 Å². The Morgan fingerprint density at radius 2 is 1.90 bits per heavy atom. The van der Waals surface area contributed by atoms with Crippen LogP contribution in [-0.2, 0) is 4.74 Å². The van der Waals surface area contributed by atoms with Crippen LogP contribution in [0.2, 0.25) is 0 Å². The van der Waals surface area contributed by atoms with Gasteiger partial charge in [-0.25, -0.2) is 20.0 Å². The van der Waals surface area contributed by atoms with E-state index in [0.29, 0.717) is 29.9 Å². The van der Waals surface area contributed by atoms with Gasteiger partial charge in [0.2, 0.25) is 0 Å². The van der Waals surface area contributed by atoms with E-state index in [0.717, 1.165) is 24.3 Å². The molecular weight excluding hydrogens is 401 g/mol. The quantitative estimate of drug-likeness (QED) is 0.500. The summed E-state index contributed by atoms with van der Waals surface area (Å²) in [6.07, 6.45) is 5.32. The van der Waals surface area contributed by atoms with Gasteiger partial charge >= 0.3 is 6.09 Å². The zero-order valence-corrected chi connectivity index (χ0v) is 18.6. The highest BCUT2D eigenvalue weighted by Crippen LogP contribution is 2.28. The van der Waals surface area contributed by atoms with Crippen molar-refractivity contribution >= 4 is 11.8 Å². The molecule has 2 aliphatic rings. The minimum atomic E-state index is -0.846. The van der Waals surface area contributed by atoms with E-state index in [4.69, 9.17) is 21.1 Å². The summed E-state index contributed by atoms with van der Waals surface area (Å²) in [5.41, 5.74) is 8.34. The molecule has 1 heterocycles. The highest BCUT2D eigenvalue weighted by molar-refractivity contribution is 5.69. The molecular formula is C22H34FN5O3. The van der Waals surface area contributed by atoms with Crippen molar-refractivity contribution < 1.29 is 18.7 Å². The number of carbonyl (C=O) groups excluding carboxylic acids is 1. The number of nitrogens with zero attached hydrogens (tertiary/aromatic N) is 3. The number of hydrogen-bond acceptors (Lipinski definition) is 7. The van der Waals surface area contributed by atoms with Crippen LogP contribution in [0, 0.1) is 6.92 Å². The van der Waals surface area contributed by atoms with Gasteiger partial charge < -0.3 is 25.1 Å². The summed E-state index contributed by atoms with van der Waals surface area (Å²) in [5.74, 6) is 6.69. The lowest BCUT2D eigenvalue weighted by Gasteiger charge is -2.36. The molecule has 3 rings (SSSR count). The Morgan fingerprint density at radius 3 is 2.48 bits per heavy atom. The Balaban J connectivity index is 1.67. The van der Waals surface area contributed by atoms with E-state index in [1.54, 1.807) is 20.2 Å². The number of rotatable bonds is 7. The van der Waals surface area contributed by atoms with Crippen LogP contribution in [0.15, 0.2) is 17.8 Å². The molecule has 0 atom stereocenters. The van der Waals surface area contributed by atoms with Crippen LogP contribution in [0.3, 0.4) is 0 Å². The van der Waals surface area contributed by atoms with Crippen molar-refractivity contribution in [2.24, 2.45) is 11.6 Å². The number of pyridine rings is 1. The van der Waals surface area contributed by atoms with Crippen molar-refractivity contribution in [2.75, 3.05) is 20.7 Å². The SMILES string of the molecule is Cc1nc(/C(N)=C(\COC(=O)N(C)C2CC(F)C2)N(C)N)ccc1OC1CCCCC1. The zero-order chi connectivity index (χ0) is 22.5. The molecule has 0 radical (unpaired) electrons. The van der Waals surface area contributed by atoms with Gasteiger partial charge in [-0.2, -0.15) is 0 Å². The zero-order valence-electron chi connectivity index (χ0n) is 18.6. The molecule has 1 aromatic heterocycles. The van der Waals surface area contributed by atoms with E-state index in [1.807, 2.05) is 13.0 Å². The fourth-order valence-electron chi connectivity index (χ4n) is 3.92. The van der Waals surface area contributed by atoms with Crippen LogP contribution >= 0.6 is 0 Å². The molecule has 2 aliphatic carbocycles. The van der Waals surface area contributed by atoms with E-state index in [-0.39, 0.29) is 18.8 Å². The second kappa shape index (κ2) is 10.2. The van der Waals surface area contributed by atoms with Gasteiger partial charge in [0.1, 0.15) is 18.5 Å². The van der Waals surface area contributed by atoms with E-state index in [2.05, 4.69) is 4.98 Å². The number of likely N-dealkylation sites (N-methyl/N-ethyl adjacent to an activating group) is 1. The van der Waals surface area contributed by atoms with Crippen molar-refractivity contribution in [3.05, 3.63) is 29.2 Å². The van der Waals surface area contributed by atoms with E-state index >= 15 is 0 Å². The molecule has 2 saturated carbocycles. The molecule has 31 heavy (non-hydrogen) atoms. The predicted octanol–water partition coefficient (Wildman–Crippen LogP) is 3.10. The summed E-state index contributed by atoms with van der Waals surface area (Å²) in [6.45, 7) is 1.77. The number of ether oxygens (including phenoxy) is 2.